The van der Waals surface area contributed by atoms with Crippen molar-refractivity contribution in [1.82, 2.24) is 14.5 Å². The van der Waals surface area contributed by atoms with Gasteiger partial charge in [-0.05, 0) is 18.6 Å². The number of para-hydroxylation sites is 1. The molecule has 130 valence electrons. The number of urea groups is 1. The van der Waals surface area contributed by atoms with Crippen molar-refractivity contribution in [3.8, 4) is 0 Å². The van der Waals surface area contributed by atoms with Gasteiger partial charge in [0, 0.05) is 39.5 Å². The highest BCUT2D eigenvalue weighted by atomic mass is 19.4. The molecule has 5 nitrogen and oxygen atoms in total. The summed E-state index contributed by atoms with van der Waals surface area (Å²) in [6, 6.07) is 4.34. The van der Waals surface area contributed by atoms with Crippen molar-refractivity contribution in [3.63, 3.8) is 0 Å². The van der Waals surface area contributed by atoms with Gasteiger partial charge in [-0.3, -0.25) is 0 Å². The van der Waals surface area contributed by atoms with E-state index in [0.717, 1.165) is 11.9 Å². The molecular weight excluding hydrogens is 321 g/mol. The minimum atomic E-state index is -4.51. The van der Waals surface area contributed by atoms with Crippen LogP contribution in [0.2, 0.25) is 0 Å². The number of anilines is 1. The van der Waals surface area contributed by atoms with Crippen LogP contribution in [0.15, 0.2) is 36.7 Å². The third kappa shape index (κ3) is 4.50. The fraction of sp³-hybridized carbons (Fsp3) is 0.375. The van der Waals surface area contributed by atoms with E-state index in [1.807, 2.05) is 17.8 Å². The Hall–Kier alpha value is -2.51. The summed E-state index contributed by atoms with van der Waals surface area (Å²) in [7, 11) is 3.43. The number of alkyl halides is 3. The SMILES string of the molecule is CN(CCCc1nccn1C)C(=O)Nc1ccccc1C(F)(F)F. The standard InChI is InChI=1S/C16H19F3N4O/c1-22-11-9-20-14(22)8-5-10-23(2)15(24)21-13-7-4-3-6-12(13)16(17,18)19/h3-4,6-7,9,11H,5,8,10H2,1-2H3,(H,21,24). The van der Waals surface area contributed by atoms with Gasteiger partial charge in [-0.1, -0.05) is 12.1 Å². The van der Waals surface area contributed by atoms with Crippen LogP contribution in [-0.4, -0.2) is 34.1 Å². The molecule has 0 unspecified atom stereocenters. The zero-order valence-electron chi connectivity index (χ0n) is 13.5. The van der Waals surface area contributed by atoms with Crippen molar-refractivity contribution >= 4 is 11.7 Å². The average Bonchev–Trinajstić information content (AvgIpc) is 2.92. The highest BCUT2D eigenvalue weighted by Gasteiger charge is 2.33. The number of amides is 2. The Morgan fingerprint density at radius 3 is 2.67 bits per heavy atom. The van der Waals surface area contributed by atoms with Gasteiger partial charge in [-0.25, -0.2) is 9.78 Å². The number of nitrogens with one attached hydrogen (secondary N) is 1. The van der Waals surface area contributed by atoms with Crippen LogP contribution in [-0.2, 0) is 19.6 Å². The van der Waals surface area contributed by atoms with E-state index in [2.05, 4.69) is 10.3 Å². The number of aromatic nitrogens is 2. The van der Waals surface area contributed by atoms with E-state index >= 15 is 0 Å². The van der Waals surface area contributed by atoms with Crippen LogP contribution in [0.3, 0.4) is 0 Å². The molecule has 0 aliphatic heterocycles. The van der Waals surface area contributed by atoms with Crippen molar-refractivity contribution < 1.29 is 18.0 Å². The lowest BCUT2D eigenvalue weighted by Crippen LogP contribution is -2.33. The van der Waals surface area contributed by atoms with Gasteiger partial charge in [0.15, 0.2) is 0 Å². The number of imidazole rings is 1. The average molecular weight is 340 g/mol. The van der Waals surface area contributed by atoms with E-state index in [1.165, 1.54) is 23.1 Å². The van der Waals surface area contributed by atoms with Gasteiger partial charge < -0.3 is 14.8 Å². The molecular formula is C16H19F3N4O. The Balaban J connectivity index is 1.91. The summed E-state index contributed by atoms with van der Waals surface area (Å²) in [5.74, 6) is 0.895. The molecule has 1 aromatic heterocycles. The van der Waals surface area contributed by atoms with Gasteiger partial charge in [-0.2, -0.15) is 13.2 Å². The van der Waals surface area contributed by atoms with Gasteiger partial charge >= 0.3 is 12.2 Å². The molecule has 0 radical (unpaired) electrons. The highest BCUT2D eigenvalue weighted by molar-refractivity contribution is 5.90. The molecule has 1 heterocycles. The molecule has 0 bridgehead atoms. The summed E-state index contributed by atoms with van der Waals surface area (Å²) in [5.41, 5.74) is -1.11. The maximum absolute atomic E-state index is 12.9. The molecule has 0 spiro atoms. The van der Waals surface area contributed by atoms with E-state index in [1.54, 1.807) is 13.2 Å². The number of halogens is 3. The number of carbonyl (C=O) groups excluding carboxylic acids is 1. The third-order valence-electron chi connectivity index (χ3n) is 3.64. The van der Waals surface area contributed by atoms with Crippen LogP contribution in [0.5, 0.6) is 0 Å². The van der Waals surface area contributed by atoms with Gasteiger partial charge in [0.05, 0.1) is 11.3 Å². The summed E-state index contributed by atoms with van der Waals surface area (Å²) >= 11 is 0. The smallest absolute Gasteiger partial charge is 0.338 e. The molecule has 0 fully saturated rings. The van der Waals surface area contributed by atoms with Crippen LogP contribution in [0.25, 0.3) is 0 Å². The molecule has 8 heteroatoms. The molecule has 0 atom stereocenters. The zero-order chi connectivity index (χ0) is 17.7. The van der Waals surface area contributed by atoms with Crippen LogP contribution >= 0.6 is 0 Å². The summed E-state index contributed by atoms with van der Waals surface area (Å²) in [6.45, 7) is 0.410. The Labute approximate surface area is 138 Å². The number of nitrogens with zero attached hydrogens (tertiary/aromatic N) is 3. The second-order valence-corrected chi connectivity index (χ2v) is 5.45. The van der Waals surface area contributed by atoms with E-state index < -0.39 is 17.8 Å². The Morgan fingerprint density at radius 1 is 1.33 bits per heavy atom. The predicted molar refractivity (Wildman–Crippen MR) is 84.6 cm³/mol. The quantitative estimate of drug-likeness (QED) is 0.905. The van der Waals surface area contributed by atoms with Crippen molar-refractivity contribution in [1.29, 1.82) is 0 Å². The number of hydrogen-bond donors (Lipinski definition) is 1. The van der Waals surface area contributed by atoms with Gasteiger partial charge in [0.2, 0.25) is 0 Å². The molecule has 0 aliphatic rings. The second kappa shape index (κ2) is 7.37. The maximum Gasteiger partial charge on any atom is 0.418 e. The molecule has 24 heavy (non-hydrogen) atoms. The molecule has 0 aliphatic carbocycles. The van der Waals surface area contributed by atoms with Crippen molar-refractivity contribution in [2.75, 3.05) is 18.9 Å². The summed E-state index contributed by atoms with van der Waals surface area (Å²) in [6.07, 6.45) is 0.357. The van der Waals surface area contributed by atoms with Crippen LogP contribution in [0, 0.1) is 0 Å². The fourth-order valence-electron chi connectivity index (χ4n) is 2.26. The first-order valence-corrected chi connectivity index (χ1v) is 7.43. The number of rotatable bonds is 5. The molecule has 1 aromatic carbocycles. The van der Waals surface area contributed by atoms with Crippen LogP contribution in [0.4, 0.5) is 23.7 Å². The molecule has 0 saturated carbocycles. The minimum absolute atomic E-state index is 0.244. The molecule has 2 amide bonds. The lowest BCUT2D eigenvalue weighted by molar-refractivity contribution is -0.136. The predicted octanol–water partition coefficient (Wildman–Crippen LogP) is 3.54. The lowest BCUT2D eigenvalue weighted by Gasteiger charge is -2.20. The maximum atomic E-state index is 12.9. The molecule has 1 N–H and O–H groups in total. The first-order chi connectivity index (χ1) is 11.3. The Kier molecular flexibility index (Phi) is 5.48. The highest BCUT2D eigenvalue weighted by Crippen LogP contribution is 2.34. The molecule has 2 rings (SSSR count). The van der Waals surface area contributed by atoms with E-state index in [4.69, 9.17) is 0 Å². The number of aryl methyl sites for hydroxylation is 2. The second-order valence-electron chi connectivity index (χ2n) is 5.45. The van der Waals surface area contributed by atoms with Gasteiger partial charge in [0.1, 0.15) is 5.82 Å². The number of carbonyl (C=O) groups is 1. The minimum Gasteiger partial charge on any atom is -0.338 e. The molecule has 2 aromatic rings. The van der Waals surface area contributed by atoms with Crippen molar-refractivity contribution in [2.45, 2.75) is 19.0 Å². The van der Waals surface area contributed by atoms with Gasteiger partial charge in [0.25, 0.3) is 0 Å². The normalized spacial score (nSPS) is 11.4. The fourth-order valence-corrected chi connectivity index (χ4v) is 2.26. The monoisotopic (exact) mass is 340 g/mol. The number of benzene rings is 1. The number of hydrogen-bond acceptors (Lipinski definition) is 2. The van der Waals surface area contributed by atoms with Crippen LogP contribution < -0.4 is 5.32 Å². The third-order valence-corrected chi connectivity index (χ3v) is 3.64. The van der Waals surface area contributed by atoms with E-state index in [9.17, 15) is 18.0 Å². The van der Waals surface area contributed by atoms with Crippen LogP contribution in [0.1, 0.15) is 17.8 Å². The van der Waals surface area contributed by atoms with Crippen molar-refractivity contribution in [3.05, 3.63) is 48.0 Å². The largest absolute Gasteiger partial charge is 0.418 e. The van der Waals surface area contributed by atoms with Crippen molar-refractivity contribution in [2.24, 2.45) is 7.05 Å². The Morgan fingerprint density at radius 2 is 2.04 bits per heavy atom. The summed E-state index contributed by atoms with van der Waals surface area (Å²) in [5, 5.41) is 2.32. The topological polar surface area (TPSA) is 50.2 Å². The molecule has 0 saturated heterocycles. The first-order valence-electron chi connectivity index (χ1n) is 7.43. The lowest BCUT2D eigenvalue weighted by atomic mass is 10.1. The summed E-state index contributed by atoms with van der Waals surface area (Å²) in [4.78, 5) is 17.6. The zero-order valence-corrected chi connectivity index (χ0v) is 13.5. The van der Waals surface area contributed by atoms with E-state index in [-0.39, 0.29) is 5.69 Å². The Bertz CT molecular complexity index is 697. The van der Waals surface area contributed by atoms with Gasteiger partial charge in [-0.15, -0.1) is 0 Å². The summed E-state index contributed by atoms with van der Waals surface area (Å²) < 4.78 is 40.7. The first kappa shape index (κ1) is 17.8. The van der Waals surface area contributed by atoms with E-state index in [0.29, 0.717) is 19.4 Å².